The van der Waals surface area contributed by atoms with E-state index in [1.54, 1.807) is 6.33 Å². The number of hydrogen-bond donors (Lipinski definition) is 1. The minimum Gasteiger partial charge on any atom is -0.377 e. The molecule has 0 radical (unpaired) electrons. The number of aromatic nitrogens is 3. The zero-order valence-corrected chi connectivity index (χ0v) is 12.2. The number of benzene rings is 1. The van der Waals surface area contributed by atoms with Crippen molar-refractivity contribution in [3.05, 3.63) is 38.9 Å². The predicted molar refractivity (Wildman–Crippen MR) is 77.2 cm³/mol. The average Bonchev–Trinajstić information content (AvgIpc) is 2.77. The van der Waals surface area contributed by atoms with Crippen molar-refractivity contribution in [1.29, 1.82) is 0 Å². The summed E-state index contributed by atoms with van der Waals surface area (Å²) in [5.41, 5.74) is 0.921. The second-order valence-corrected chi connectivity index (χ2v) is 5.12. The van der Waals surface area contributed by atoms with E-state index < -0.39 is 0 Å². The summed E-state index contributed by atoms with van der Waals surface area (Å²) >= 11 is 8.36. The minimum absolute atomic E-state index is 0.619. The maximum atomic E-state index is 6.10. The molecule has 0 aliphatic carbocycles. The highest BCUT2D eigenvalue weighted by molar-refractivity contribution is 14.1. The lowest BCUT2D eigenvalue weighted by molar-refractivity contribution is 0.622. The van der Waals surface area contributed by atoms with Crippen LogP contribution < -0.4 is 5.32 Å². The van der Waals surface area contributed by atoms with Crippen molar-refractivity contribution in [2.75, 3.05) is 5.32 Å². The van der Waals surface area contributed by atoms with Crippen LogP contribution in [0.3, 0.4) is 0 Å². The normalized spacial score (nSPS) is 10.5. The highest BCUT2D eigenvalue weighted by atomic mass is 127. The van der Waals surface area contributed by atoms with Crippen LogP contribution >= 0.6 is 34.2 Å². The Hall–Kier alpha value is -0.820. The third-order valence-electron chi connectivity index (χ3n) is 2.36. The molecule has 0 aliphatic heterocycles. The largest absolute Gasteiger partial charge is 0.377 e. The molecule has 0 aliphatic rings. The maximum absolute atomic E-state index is 6.10. The van der Waals surface area contributed by atoms with E-state index in [0.29, 0.717) is 11.6 Å². The molecule has 6 heteroatoms. The summed E-state index contributed by atoms with van der Waals surface area (Å²) in [5, 5.41) is 8.10. The van der Waals surface area contributed by atoms with Gasteiger partial charge in [0.05, 0.1) is 17.3 Å². The summed E-state index contributed by atoms with van der Waals surface area (Å²) < 4.78 is 3.00. The Morgan fingerprint density at radius 1 is 1.47 bits per heavy atom. The highest BCUT2D eigenvalue weighted by Crippen LogP contribution is 2.24. The van der Waals surface area contributed by atoms with Crippen LogP contribution in [0, 0.1) is 3.57 Å². The van der Waals surface area contributed by atoms with Gasteiger partial charge in [0.1, 0.15) is 12.2 Å². The van der Waals surface area contributed by atoms with Gasteiger partial charge < -0.3 is 5.32 Å². The summed E-state index contributed by atoms with van der Waals surface area (Å²) in [6.07, 6.45) is 1.57. The highest BCUT2D eigenvalue weighted by Gasteiger charge is 2.04. The smallest absolute Gasteiger partial charge is 0.146 e. The third-order valence-corrected chi connectivity index (χ3v) is 3.36. The van der Waals surface area contributed by atoms with Crippen LogP contribution in [0.2, 0.25) is 5.02 Å². The summed E-state index contributed by atoms with van der Waals surface area (Å²) in [4.78, 5) is 4.20. The van der Waals surface area contributed by atoms with Crippen LogP contribution in [0.15, 0.2) is 24.5 Å². The van der Waals surface area contributed by atoms with Crippen molar-refractivity contribution in [3.8, 4) is 0 Å². The molecule has 2 aromatic rings. The zero-order valence-electron chi connectivity index (χ0n) is 9.32. The molecule has 0 saturated carbocycles. The lowest BCUT2D eigenvalue weighted by Gasteiger charge is -2.09. The molecule has 2 rings (SSSR count). The molecule has 4 nitrogen and oxygen atoms in total. The van der Waals surface area contributed by atoms with E-state index in [2.05, 4.69) is 38.0 Å². The minimum atomic E-state index is 0.619. The van der Waals surface area contributed by atoms with Gasteiger partial charge in [-0.3, -0.25) is 0 Å². The van der Waals surface area contributed by atoms with E-state index >= 15 is 0 Å². The van der Waals surface area contributed by atoms with Crippen molar-refractivity contribution < 1.29 is 0 Å². The van der Waals surface area contributed by atoms with Gasteiger partial charge in [-0.2, -0.15) is 5.10 Å². The number of nitrogens with zero attached hydrogens (tertiary/aromatic N) is 3. The average molecular weight is 363 g/mol. The van der Waals surface area contributed by atoms with E-state index in [4.69, 9.17) is 11.6 Å². The summed E-state index contributed by atoms with van der Waals surface area (Å²) in [7, 11) is 0. The molecule has 1 heterocycles. The summed E-state index contributed by atoms with van der Waals surface area (Å²) in [5.74, 6) is 0.905. The van der Waals surface area contributed by atoms with E-state index in [1.807, 2.05) is 29.8 Å². The first-order chi connectivity index (χ1) is 8.20. The molecular weight excluding hydrogens is 351 g/mol. The maximum Gasteiger partial charge on any atom is 0.146 e. The SMILES string of the molecule is CCn1ncnc1CNc1cc(I)ccc1Cl. The van der Waals surface area contributed by atoms with Crippen molar-refractivity contribution >= 4 is 39.9 Å². The first-order valence-corrected chi connectivity index (χ1v) is 6.72. The van der Waals surface area contributed by atoms with Gasteiger partial charge in [0.2, 0.25) is 0 Å². The number of nitrogens with one attached hydrogen (secondary N) is 1. The Morgan fingerprint density at radius 2 is 2.29 bits per heavy atom. The molecule has 0 unspecified atom stereocenters. The molecular formula is C11H12ClIN4. The van der Waals surface area contributed by atoms with Crippen molar-refractivity contribution in [2.45, 2.75) is 20.0 Å². The molecule has 1 N–H and O–H groups in total. The van der Waals surface area contributed by atoms with Crippen molar-refractivity contribution in [2.24, 2.45) is 0 Å². The van der Waals surface area contributed by atoms with Gasteiger partial charge in [0, 0.05) is 10.1 Å². The molecule has 1 aromatic heterocycles. The molecule has 0 bridgehead atoms. The van der Waals surface area contributed by atoms with Crippen LogP contribution in [-0.4, -0.2) is 14.8 Å². The molecule has 0 fully saturated rings. The fourth-order valence-corrected chi connectivity index (χ4v) is 2.17. The summed E-state index contributed by atoms with van der Waals surface area (Å²) in [6, 6.07) is 5.87. The van der Waals surface area contributed by atoms with Gasteiger partial charge in [0.15, 0.2) is 0 Å². The van der Waals surface area contributed by atoms with E-state index in [1.165, 1.54) is 0 Å². The van der Waals surface area contributed by atoms with E-state index in [-0.39, 0.29) is 0 Å². The lowest BCUT2D eigenvalue weighted by Crippen LogP contribution is -2.09. The Kier molecular flexibility index (Phi) is 4.22. The van der Waals surface area contributed by atoms with Crippen molar-refractivity contribution in [1.82, 2.24) is 14.8 Å². The van der Waals surface area contributed by atoms with Gasteiger partial charge in [0.25, 0.3) is 0 Å². The fraction of sp³-hybridized carbons (Fsp3) is 0.273. The molecule has 0 amide bonds. The molecule has 90 valence electrons. The second kappa shape index (κ2) is 5.68. The van der Waals surface area contributed by atoms with Crippen LogP contribution in [0.4, 0.5) is 5.69 Å². The quantitative estimate of drug-likeness (QED) is 0.850. The number of halogens is 2. The third kappa shape index (κ3) is 3.10. The van der Waals surface area contributed by atoms with Crippen LogP contribution in [0.25, 0.3) is 0 Å². The molecule has 0 atom stereocenters. The Labute approximate surface area is 119 Å². The van der Waals surface area contributed by atoms with Gasteiger partial charge >= 0.3 is 0 Å². The topological polar surface area (TPSA) is 42.7 Å². The number of aryl methyl sites for hydroxylation is 1. The Bertz CT molecular complexity index is 512. The van der Waals surface area contributed by atoms with Crippen LogP contribution in [0.5, 0.6) is 0 Å². The number of anilines is 1. The number of rotatable bonds is 4. The molecule has 1 aromatic carbocycles. The monoisotopic (exact) mass is 362 g/mol. The van der Waals surface area contributed by atoms with Crippen LogP contribution in [-0.2, 0) is 13.1 Å². The standard InChI is InChI=1S/C11H12ClIN4/c1-2-17-11(15-7-16-17)6-14-10-5-8(13)3-4-9(10)12/h3-5,7,14H,2,6H2,1H3. The van der Waals surface area contributed by atoms with Crippen LogP contribution in [0.1, 0.15) is 12.7 Å². The first kappa shape index (κ1) is 12.6. The predicted octanol–water partition coefficient (Wildman–Crippen LogP) is 3.17. The molecule has 0 spiro atoms. The Balaban J connectivity index is 2.09. The zero-order chi connectivity index (χ0) is 12.3. The molecule has 17 heavy (non-hydrogen) atoms. The van der Waals surface area contributed by atoms with Gasteiger partial charge in [-0.15, -0.1) is 0 Å². The van der Waals surface area contributed by atoms with Gasteiger partial charge in [-0.1, -0.05) is 11.6 Å². The van der Waals surface area contributed by atoms with E-state index in [9.17, 15) is 0 Å². The number of hydrogen-bond acceptors (Lipinski definition) is 3. The van der Waals surface area contributed by atoms with Gasteiger partial charge in [-0.25, -0.2) is 9.67 Å². The first-order valence-electron chi connectivity index (χ1n) is 5.26. The second-order valence-electron chi connectivity index (χ2n) is 3.47. The summed E-state index contributed by atoms with van der Waals surface area (Å²) in [6.45, 7) is 3.47. The van der Waals surface area contributed by atoms with E-state index in [0.717, 1.165) is 21.6 Å². The van der Waals surface area contributed by atoms with Crippen molar-refractivity contribution in [3.63, 3.8) is 0 Å². The Morgan fingerprint density at radius 3 is 3.06 bits per heavy atom. The fourth-order valence-electron chi connectivity index (χ4n) is 1.50. The van der Waals surface area contributed by atoms with Gasteiger partial charge in [-0.05, 0) is 47.7 Å². The molecule has 0 saturated heterocycles. The lowest BCUT2D eigenvalue weighted by atomic mass is 10.3.